The first-order valence-electron chi connectivity index (χ1n) is 5.41. The molecule has 0 aliphatic rings. The molecule has 0 atom stereocenters. The molecule has 0 fully saturated rings. The van der Waals surface area contributed by atoms with Gasteiger partial charge in [0.2, 0.25) is 0 Å². The topological polar surface area (TPSA) is 37.8 Å². The van der Waals surface area contributed by atoms with E-state index in [1.54, 1.807) is 24.2 Å². The van der Waals surface area contributed by atoms with E-state index in [9.17, 15) is 0 Å². The zero-order valence-electron chi connectivity index (χ0n) is 9.44. The van der Waals surface area contributed by atoms with E-state index in [1.807, 2.05) is 6.20 Å². The van der Waals surface area contributed by atoms with Crippen LogP contribution in [0, 0.1) is 0 Å². The Morgan fingerprint density at radius 2 is 2.20 bits per heavy atom. The van der Waals surface area contributed by atoms with E-state index >= 15 is 0 Å². The lowest BCUT2D eigenvalue weighted by Gasteiger charge is -2.06. The van der Waals surface area contributed by atoms with Crippen molar-refractivity contribution in [3.05, 3.63) is 18.6 Å². The van der Waals surface area contributed by atoms with Crippen molar-refractivity contribution in [2.45, 2.75) is 37.8 Å². The van der Waals surface area contributed by atoms with Crippen LogP contribution in [0.4, 0.5) is 0 Å². The summed E-state index contributed by atoms with van der Waals surface area (Å²) in [6.07, 6.45) is 7.71. The molecule has 0 spiro atoms. The van der Waals surface area contributed by atoms with Gasteiger partial charge in [0.15, 0.2) is 0 Å². The fraction of sp³-hybridized carbons (Fsp3) is 0.636. The summed E-state index contributed by atoms with van der Waals surface area (Å²) in [7, 11) is 0. The first-order valence-corrected chi connectivity index (χ1v) is 6.40. The predicted octanol–water partition coefficient (Wildman–Crippen LogP) is 2.35. The van der Waals surface area contributed by atoms with Crippen LogP contribution in [0.15, 0.2) is 23.6 Å². The normalized spacial score (nSPS) is 10.9. The summed E-state index contributed by atoms with van der Waals surface area (Å²) < 4.78 is 0. The molecule has 1 rings (SSSR count). The molecule has 0 bridgehead atoms. The maximum atomic E-state index is 4.21. The Labute approximate surface area is 96.1 Å². The lowest BCUT2D eigenvalue weighted by molar-refractivity contribution is 0.567. The van der Waals surface area contributed by atoms with Gasteiger partial charge in [-0.3, -0.25) is 4.98 Å². The second kappa shape index (κ2) is 7.65. The molecule has 0 unspecified atom stereocenters. The first kappa shape index (κ1) is 12.5. The molecule has 1 aromatic rings. The average molecular weight is 225 g/mol. The van der Waals surface area contributed by atoms with Gasteiger partial charge in [-0.05, 0) is 25.1 Å². The van der Waals surface area contributed by atoms with Crippen LogP contribution in [-0.2, 0) is 0 Å². The van der Waals surface area contributed by atoms with Gasteiger partial charge in [-0.1, -0.05) is 13.8 Å². The van der Waals surface area contributed by atoms with Crippen molar-refractivity contribution in [2.24, 2.45) is 0 Å². The minimum absolute atomic E-state index is 0.595. The molecule has 0 aliphatic heterocycles. The lowest BCUT2D eigenvalue weighted by atomic mass is 10.3. The Balaban J connectivity index is 1.98. The second-order valence-corrected chi connectivity index (χ2v) is 4.82. The van der Waals surface area contributed by atoms with Crippen LogP contribution in [0.1, 0.15) is 26.7 Å². The number of unbranched alkanes of at least 4 members (excludes halogenated alkanes) is 1. The number of rotatable bonds is 7. The predicted molar refractivity (Wildman–Crippen MR) is 65.1 cm³/mol. The van der Waals surface area contributed by atoms with Crippen LogP contribution in [0.5, 0.6) is 0 Å². The summed E-state index contributed by atoms with van der Waals surface area (Å²) in [6, 6.07) is 0.595. The third-order valence-electron chi connectivity index (χ3n) is 1.91. The molecular formula is C11H19N3S. The van der Waals surface area contributed by atoms with E-state index in [0.717, 1.165) is 17.3 Å². The van der Waals surface area contributed by atoms with Gasteiger partial charge >= 0.3 is 0 Å². The first-order chi connectivity index (χ1) is 7.29. The number of thioether (sulfide) groups is 1. The highest BCUT2D eigenvalue weighted by Crippen LogP contribution is 2.14. The van der Waals surface area contributed by atoms with Gasteiger partial charge in [-0.2, -0.15) is 0 Å². The summed E-state index contributed by atoms with van der Waals surface area (Å²) >= 11 is 1.78. The molecule has 1 heterocycles. The lowest BCUT2D eigenvalue weighted by Crippen LogP contribution is -2.23. The summed E-state index contributed by atoms with van der Waals surface area (Å²) in [6.45, 7) is 5.46. The molecule has 1 N–H and O–H groups in total. The minimum Gasteiger partial charge on any atom is -0.315 e. The summed E-state index contributed by atoms with van der Waals surface area (Å²) in [4.78, 5) is 8.24. The number of hydrogen-bond donors (Lipinski definition) is 1. The van der Waals surface area contributed by atoms with Gasteiger partial charge in [0.25, 0.3) is 0 Å². The van der Waals surface area contributed by atoms with E-state index in [-0.39, 0.29) is 0 Å². The number of hydrogen-bond acceptors (Lipinski definition) is 4. The summed E-state index contributed by atoms with van der Waals surface area (Å²) in [5, 5.41) is 4.43. The highest BCUT2D eigenvalue weighted by molar-refractivity contribution is 7.99. The molecule has 0 saturated carbocycles. The third-order valence-corrected chi connectivity index (χ3v) is 2.91. The summed E-state index contributed by atoms with van der Waals surface area (Å²) in [5.74, 6) is 1.12. The average Bonchev–Trinajstić information content (AvgIpc) is 2.24. The maximum Gasteiger partial charge on any atom is 0.114 e. The van der Waals surface area contributed by atoms with E-state index < -0.39 is 0 Å². The van der Waals surface area contributed by atoms with Gasteiger partial charge in [-0.25, -0.2) is 4.98 Å². The second-order valence-electron chi connectivity index (χ2n) is 3.71. The van der Waals surface area contributed by atoms with Gasteiger partial charge in [-0.15, -0.1) is 11.8 Å². The van der Waals surface area contributed by atoms with E-state index in [1.165, 1.54) is 12.8 Å². The van der Waals surface area contributed by atoms with Crippen molar-refractivity contribution in [3.8, 4) is 0 Å². The third kappa shape index (κ3) is 6.47. The van der Waals surface area contributed by atoms with E-state index in [2.05, 4.69) is 29.1 Å². The van der Waals surface area contributed by atoms with Gasteiger partial charge < -0.3 is 5.32 Å². The van der Waals surface area contributed by atoms with Crippen molar-refractivity contribution < 1.29 is 0 Å². The van der Waals surface area contributed by atoms with Gasteiger partial charge in [0.05, 0.1) is 6.20 Å². The molecule has 1 aromatic heterocycles. The van der Waals surface area contributed by atoms with Crippen molar-refractivity contribution in [2.75, 3.05) is 12.3 Å². The van der Waals surface area contributed by atoms with Crippen LogP contribution in [0.25, 0.3) is 0 Å². The Kier molecular flexibility index (Phi) is 6.36. The maximum absolute atomic E-state index is 4.21. The fourth-order valence-corrected chi connectivity index (χ4v) is 1.98. The zero-order chi connectivity index (χ0) is 10.9. The van der Waals surface area contributed by atoms with E-state index in [0.29, 0.717) is 6.04 Å². The molecule has 0 amide bonds. The molecular weight excluding hydrogens is 206 g/mol. The van der Waals surface area contributed by atoms with Crippen molar-refractivity contribution in [3.63, 3.8) is 0 Å². The van der Waals surface area contributed by atoms with Crippen LogP contribution < -0.4 is 5.32 Å². The standard InChI is InChI=1S/C11H19N3S/c1-10(2)13-5-3-4-8-15-11-9-12-6-7-14-11/h6-7,9-10,13H,3-5,8H2,1-2H3. The smallest absolute Gasteiger partial charge is 0.114 e. The molecule has 0 aliphatic carbocycles. The molecule has 3 nitrogen and oxygen atoms in total. The number of nitrogens with zero attached hydrogens (tertiary/aromatic N) is 2. The van der Waals surface area contributed by atoms with Crippen molar-refractivity contribution in [1.29, 1.82) is 0 Å². The summed E-state index contributed by atoms with van der Waals surface area (Å²) in [5.41, 5.74) is 0. The Bertz CT molecular complexity index is 251. The highest BCUT2D eigenvalue weighted by atomic mass is 32.2. The number of aromatic nitrogens is 2. The Morgan fingerprint density at radius 3 is 2.87 bits per heavy atom. The van der Waals surface area contributed by atoms with Crippen LogP contribution >= 0.6 is 11.8 Å². The molecule has 0 radical (unpaired) electrons. The molecule has 84 valence electrons. The quantitative estimate of drug-likeness (QED) is 0.571. The minimum atomic E-state index is 0.595. The van der Waals surface area contributed by atoms with Crippen LogP contribution in [-0.4, -0.2) is 28.3 Å². The Hall–Kier alpha value is -0.610. The molecule has 0 saturated heterocycles. The zero-order valence-corrected chi connectivity index (χ0v) is 10.3. The van der Waals surface area contributed by atoms with Crippen molar-refractivity contribution >= 4 is 11.8 Å². The van der Waals surface area contributed by atoms with Crippen molar-refractivity contribution in [1.82, 2.24) is 15.3 Å². The fourth-order valence-electron chi connectivity index (χ4n) is 1.15. The van der Waals surface area contributed by atoms with E-state index in [4.69, 9.17) is 0 Å². The van der Waals surface area contributed by atoms with Crippen LogP contribution in [0.2, 0.25) is 0 Å². The molecule has 0 aromatic carbocycles. The molecule has 4 heteroatoms. The van der Waals surface area contributed by atoms with Gasteiger partial charge in [0.1, 0.15) is 5.03 Å². The van der Waals surface area contributed by atoms with Gasteiger partial charge in [0, 0.05) is 18.4 Å². The van der Waals surface area contributed by atoms with Crippen LogP contribution in [0.3, 0.4) is 0 Å². The molecule has 15 heavy (non-hydrogen) atoms. The Morgan fingerprint density at radius 1 is 1.33 bits per heavy atom. The monoisotopic (exact) mass is 225 g/mol. The number of nitrogens with one attached hydrogen (secondary N) is 1. The SMILES string of the molecule is CC(C)NCCCCSc1cnccn1. The highest BCUT2D eigenvalue weighted by Gasteiger charge is 1.95. The largest absolute Gasteiger partial charge is 0.315 e.